The molecule has 1 aromatic carbocycles. The molecule has 1 aliphatic rings. The first-order valence-electron chi connectivity index (χ1n) is 9.73. The summed E-state index contributed by atoms with van der Waals surface area (Å²) in [6, 6.07) is 6.73. The number of hydrogen-bond acceptors (Lipinski definition) is 6. The first-order valence-corrected chi connectivity index (χ1v) is 11.2. The standard InChI is InChI=1S/C20H29N3O4S/c1-15-6-4-10-23(14-15)11-5-9-21-28(24,25)20-13-17(7-8-18(20)26-3)19-12-16(2)22-27-19/h7-8,12-13,15,21H,4-6,9-11,14H2,1-3H3. The van der Waals surface area contributed by atoms with Gasteiger partial charge in [-0.1, -0.05) is 12.1 Å². The maximum atomic E-state index is 12.9. The van der Waals surface area contributed by atoms with E-state index in [4.69, 9.17) is 9.26 Å². The summed E-state index contributed by atoms with van der Waals surface area (Å²) < 4.78 is 38.9. The van der Waals surface area contributed by atoms with E-state index in [-0.39, 0.29) is 4.90 Å². The molecule has 2 heterocycles. The molecule has 1 unspecified atom stereocenters. The van der Waals surface area contributed by atoms with Crippen LogP contribution in [-0.2, 0) is 10.0 Å². The van der Waals surface area contributed by atoms with Crippen LogP contribution < -0.4 is 9.46 Å². The summed E-state index contributed by atoms with van der Waals surface area (Å²) in [5.41, 5.74) is 1.38. The summed E-state index contributed by atoms with van der Waals surface area (Å²) >= 11 is 0. The Labute approximate surface area is 167 Å². The Hall–Kier alpha value is -1.90. The van der Waals surface area contributed by atoms with Crippen LogP contribution in [0.4, 0.5) is 0 Å². The van der Waals surface area contributed by atoms with Gasteiger partial charge in [0.2, 0.25) is 10.0 Å². The fourth-order valence-corrected chi connectivity index (χ4v) is 4.88. The third kappa shape index (κ3) is 5.12. The van der Waals surface area contributed by atoms with Crippen molar-refractivity contribution in [2.24, 2.45) is 5.92 Å². The number of aryl methyl sites for hydroxylation is 1. The van der Waals surface area contributed by atoms with E-state index in [1.54, 1.807) is 24.3 Å². The van der Waals surface area contributed by atoms with Crippen LogP contribution in [0.1, 0.15) is 31.9 Å². The predicted octanol–water partition coefficient (Wildman–Crippen LogP) is 3.06. The van der Waals surface area contributed by atoms with Crippen LogP contribution in [-0.4, -0.2) is 51.8 Å². The van der Waals surface area contributed by atoms with Crippen molar-refractivity contribution in [2.75, 3.05) is 33.3 Å². The lowest BCUT2D eigenvalue weighted by Gasteiger charge is -2.30. The molecule has 2 aromatic rings. The Morgan fingerprint density at radius 3 is 2.86 bits per heavy atom. The van der Waals surface area contributed by atoms with Crippen LogP contribution >= 0.6 is 0 Å². The molecule has 1 atom stereocenters. The van der Waals surface area contributed by atoms with Gasteiger partial charge in [-0.2, -0.15) is 0 Å². The molecule has 8 heteroatoms. The second-order valence-electron chi connectivity index (χ2n) is 7.50. The van der Waals surface area contributed by atoms with Gasteiger partial charge in [0.15, 0.2) is 5.76 Å². The summed E-state index contributed by atoms with van der Waals surface area (Å²) in [7, 11) is -2.23. The number of benzene rings is 1. The number of piperidine rings is 1. The van der Waals surface area contributed by atoms with E-state index in [0.29, 0.717) is 23.6 Å². The summed E-state index contributed by atoms with van der Waals surface area (Å²) in [6.07, 6.45) is 3.28. The smallest absolute Gasteiger partial charge is 0.244 e. The minimum atomic E-state index is -3.70. The predicted molar refractivity (Wildman–Crippen MR) is 108 cm³/mol. The molecule has 0 bridgehead atoms. The zero-order valence-corrected chi connectivity index (χ0v) is 17.6. The van der Waals surface area contributed by atoms with Gasteiger partial charge in [-0.15, -0.1) is 0 Å². The van der Waals surface area contributed by atoms with E-state index < -0.39 is 10.0 Å². The number of nitrogens with one attached hydrogen (secondary N) is 1. The number of hydrogen-bond donors (Lipinski definition) is 1. The van der Waals surface area contributed by atoms with E-state index in [0.717, 1.165) is 37.7 Å². The topological polar surface area (TPSA) is 84.7 Å². The molecule has 0 amide bonds. The number of rotatable bonds is 8. The molecule has 1 aliphatic heterocycles. The highest BCUT2D eigenvalue weighted by Gasteiger charge is 2.21. The van der Waals surface area contributed by atoms with Gasteiger partial charge in [-0.3, -0.25) is 0 Å². The summed E-state index contributed by atoms with van der Waals surface area (Å²) in [6.45, 7) is 7.58. The van der Waals surface area contributed by atoms with E-state index in [1.807, 2.05) is 6.92 Å². The average molecular weight is 408 g/mol. The van der Waals surface area contributed by atoms with E-state index >= 15 is 0 Å². The van der Waals surface area contributed by atoms with Crippen LogP contribution in [0.25, 0.3) is 11.3 Å². The zero-order valence-electron chi connectivity index (χ0n) is 16.8. The van der Waals surface area contributed by atoms with E-state index in [1.165, 1.54) is 20.0 Å². The maximum absolute atomic E-state index is 12.9. The fraction of sp³-hybridized carbons (Fsp3) is 0.550. The number of ether oxygens (including phenoxy) is 1. The Morgan fingerprint density at radius 1 is 1.36 bits per heavy atom. The third-order valence-electron chi connectivity index (χ3n) is 5.05. The first-order chi connectivity index (χ1) is 13.4. The monoisotopic (exact) mass is 407 g/mol. The Bertz CT molecular complexity index is 895. The van der Waals surface area contributed by atoms with Crippen LogP contribution in [0.2, 0.25) is 0 Å². The molecule has 0 spiro atoms. The molecule has 3 rings (SSSR count). The van der Waals surface area contributed by atoms with Crippen molar-refractivity contribution in [1.29, 1.82) is 0 Å². The van der Waals surface area contributed by atoms with Gasteiger partial charge in [-0.05, 0) is 63.4 Å². The second kappa shape index (κ2) is 9.07. The van der Waals surface area contributed by atoms with Crippen molar-refractivity contribution in [2.45, 2.75) is 38.0 Å². The Kier molecular flexibility index (Phi) is 6.74. The molecule has 1 N–H and O–H groups in total. The quantitative estimate of drug-likeness (QED) is 0.677. The number of methoxy groups -OCH3 is 1. The molecule has 1 fully saturated rings. The largest absolute Gasteiger partial charge is 0.495 e. The number of likely N-dealkylation sites (tertiary alicyclic amines) is 1. The van der Waals surface area contributed by atoms with Crippen LogP contribution in [0.5, 0.6) is 5.75 Å². The summed E-state index contributed by atoms with van der Waals surface area (Å²) in [4.78, 5) is 2.52. The van der Waals surface area contributed by atoms with Crippen LogP contribution in [0.3, 0.4) is 0 Å². The molecule has 7 nitrogen and oxygen atoms in total. The van der Waals surface area contributed by atoms with Crippen LogP contribution in [0, 0.1) is 12.8 Å². The van der Waals surface area contributed by atoms with Gasteiger partial charge in [-0.25, -0.2) is 13.1 Å². The lowest BCUT2D eigenvalue weighted by atomic mass is 10.0. The lowest BCUT2D eigenvalue weighted by molar-refractivity contribution is 0.182. The van der Waals surface area contributed by atoms with Crippen molar-refractivity contribution in [3.63, 3.8) is 0 Å². The summed E-state index contributed by atoms with van der Waals surface area (Å²) in [5.74, 6) is 1.55. The molecular weight excluding hydrogens is 378 g/mol. The van der Waals surface area contributed by atoms with E-state index in [9.17, 15) is 8.42 Å². The van der Waals surface area contributed by atoms with Gasteiger partial charge in [0, 0.05) is 24.7 Å². The highest BCUT2D eigenvalue weighted by atomic mass is 32.2. The van der Waals surface area contributed by atoms with Crippen molar-refractivity contribution in [1.82, 2.24) is 14.8 Å². The lowest BCUT2D eigenvalue weighted by Crippen LogP contribution is -2.36. The van der Waals surface area contributed by atoms with Crippen molar-refractivity contribution in [3.05, 3.63) is 30.0 Å². The fourth-order valence-electron chi connectivity index (χ4n) is 3.62. The molecule has 1 saturated heterocycles. The minimum absolute atomic E-state index is 0.105. The Morgan fingerprint density at radius 2 is 2.18 bits per heavy atom. The van der Waals surface area contributed by atoms with Gasteiger partial charge >= 0.3 is 0 Å². The molecule has 0 radical (unpaired) electrons. The van der Waals surface area contributed by atoms with Gasteiger partial charge in [0.25, 0.3) is 0 Å². The number of nitrogens with zero attached hydrogens (tertiary/aromatic N) is 2. The third-order valence-corrected chi connectivity index (χ3v) is 6.53. The number of sulfonamides is 1. The van der Waals surface area contributed by atoms with Crippen LogP contribution in [0.15, 0.2) is 33.7 Å². The second-order valence-corrected chi connectivity index (χ2v) is 9.23. The van der Waals surface area contributed by atoms with E-state index in [2.05, 4.69) is 21.7 Å². The SMILES string of the molecule is COc1ccc(-c2cc(C)no2)cc1S(=O)(=O)NCCCN1CCCC(C)C1. The van der Waals surface area contributed by atoms with Crippen molar-refractivity contribution in [3.8, 4) is 17.1 Å². The molecule has 1 aromatic heterocycles. The van der Waals surface area contributed by atoms with Gasteiger partial charge in [0.05, 0.1) is 12.8 Å². The Balaban J connectivity index is 1.66. The zero-order chi connectivity index (χ0) is 20.1. The molecule has 0 saturated carbocycles. The van der Waals surface area contributed by atoms with Gasteiger partial charge in [0.1, 0.15) is 10.6 Å². The normalized spacial score (nSPS) is 18.3. The summed E-state index contributed by atoms with van der Waals surface area (Å²) in [5, 5.41) is 3.86. The van der Waals surface area contributed by atoms with Crippen molar-refractivity contribution < 1.29 is 17.7 Å². The molecule has 0 aliphatic carbocycles. The first kappa shape index (κ1) is 20.8. The molecule has 154 valence electrons. The minimum Gasteiger partial charge on any atom is -0.495 e. The van der Waals surface area contributed by atoms with Crippen molar-refractivity contribution >= 4 is 10.0 Å². The highest BCUT2D eigenvalue weighted by Crippen LogP contribution is 2.30. The number of aromatic nitrogens is 1. The molecular formula is C20H29N3O4S. The average Bonchev–Trinajstić information content (AvgIpc) is 3.11. The maximum Gasteiger partial charge on any atom is 0.244 e. The molecule has 28 heavy (non-hydrogen) atoms. The highest BCUT2D eigenvalue weighted by molar-refractivity contribution is 7.89. The van der Waals surface area contributed by atoms with Gasteiger partial charge < -0.3 is 14.2 Å².